The molecule has 0 amide bonds. The van der Waals surface area contributed by atoms with Gasteiger partial charge in [-0.15, -0.1) is 0 Å². The SMILES string of the molecule is CCCn1ncc(OC)c1CCC(N)c1ccccc1. The Bertz CT molecular complexity index is 522. The molecule has 20 heavy (non-hydrogen) atoms. The van der Waals surface area contributed by atoms with E-state index in [9.17, 15) is 0 Å². The number of nitrogens with two attached hydrogens (primary N) is 1. The van der Waals surface area contributed by atoms with Crippen LogP contribution in [0.4, 0.5) is 0 Å². The summed E-state index contributed by atoms with van der Waals surface area (Å²) in [6.07, 6.45) is 4.61. The second-order valence-electron chi connectivity index (χ2n) is 4.94. The predicted octanol–water partition coefficient (Wildman–Crippen LogP) is 2.93. The molecule has 4 heteroatoms. The maximum Gasteiger partial charge on any atom is 0.159 e. The summed E-state index contributed by atoms with van der Waals surface area (Å²) < 4.78 is 7.41. The number of ether oxygens (including phenoxy) is 1. The zero-order valence-corrected chi connectivity index (χ0v) is 12.2. The molecule has 0 aliphatic heterocycles. The van der Waals surface area contributed by atoms with Crippen molar-refractivity contribution >= 4 is 0 Å². The van der Waals surface area contributed by atoms with Crippen LogP contribution in [0, 0.1) is 0 Å². The standard InChI is InChI=1S/C16H23N3O/c1-3-11-19-15(16(20-2)12-18-19)10-9-14(17)13-7-5-4-6-8-13/h4-8,12,14H,3,9-11,17H2,1-2H3. The van der Waals surface area contributed by atoms with Gasteiger partial charge in [-0.3, -0.25) is 4.68 Å². The number of aryl methyl sites for hydroxylation is 1. The molecule has 1 atom stereocenters. The Morgan fingerprint density at radius 3 is 2.70 bits per heavy atom. The van der Waals surface area contributed by atoms with Gasteiger partial charge in [-0.1, -0.05) is 37.3 Å². The lowest BCUT2D eigenvalue weighted by atomic mass is 10.0. The van der Waals surface area contributed by atoms with E-state index in [4.69, 9.17) is 10.5 Å². The molecular weight excluding hydrogens is 250 g/mol. The Hall–Kier alpha value is -1.81. The molecule has 108 valence electrons. The van der Waals surface area contributed by atoms with Crippen molar-refractivity contribution < 1.29 is 4.74 Å². The van der Waals surface area contributed by atoms with Crippen LogP contribution in [-0.2, 0) is 13.0 Å². The number of aromatic nitrogens is 2. The molecule has 2 rings (SSSR count). The van der Waals surface area contributed by atoms with Crippen LogP contribution < -0.4 is 10.5 Å². The topological polar surface area (TPSA) is 53.1 Å². The maximum atomic E-state index is 6.26. The fourth-order valence-electron chi connectivity index (χ4n) is 2.38. The van der Waals surface area contributed by atoms with Crippen LogP contribution in [-0.4, -0.2) is 16.9 Å². The third kappa shape index (κ3) is 3.39. The lowest BCUT2D eigenvalue weighted by Gasteiger charge is -2.13. The van der Waals surface area contributed by atoms with Crippen molar-refractivity contribution in [2.24, 2.45) is 5.73 Å². The predicted molar refractivity (Wildman–Crippen MR) is 80.8 cm³/mol. The van der Waals surface area contributed by atoms with Crippen LogP contribution in [0.25, 0.3) is 0 Å². The summed E-state index contributed by atoms with van der Waals surface area (Å²) in [5.74, 6) is 0.860. The van der Waals surface area contributed by atoms with Crippen LogP contribution in [0.2, 0.25) is 0 Å². The minimum atomic E-state index is 0.0471. The van der Waals surface area contributed by atoms with Crippen molar-refractivity contribution in [3.8, 4) is 5.75 Å². The third-order valence-corrected chi connectivity index (χ3v) is 3.49. The van der Waals surface area contributed by atoms with Gasteiger partial charge in [-0.25, -0.2) is 0 Å². The van der Waals surface area contributed by atoms with Crippen molar-refractivity contribution in [2.75, 3.05) is 7.11 Å². The van der Waals surface area contributed by atoms with Crippen LogP contribution in [0.1, 0.15) is 37.1 Å². The number of benzene rings is 1. The van der Waals surface area contributed by atoms with E-state index >= 15 is 0 Å². The molecule has 0 spiro atoms. The largest absolute Gasteiger partial charge is 0.493 e. The van der Waals surface area contributed by atoms with Gasteiger partial charge >= 0.3 is 0 Å². The first-order chi connectivity index (χ1) is 9.76. The van der Waals surface area contributed by atoms with E-state index in [-0.39, 0.29) is 6.04 Å². The Morgan fingerprint density at radius 1 is 1.30 bits per heavy atom. The van der Waals surface area contributed by atoms with E-state index in [1.807, 2.05) is 22.9 Å². The Kier molecular flexibility index (Phi) is 5.18. The van der Waals surface area contributed by atoms with E-state index < -0.39 is 0 Å². The van der Waals surface area contributed by atoms with Gasteiger partial charge in [0.05, 0.1) is 19.0 Å². The Morgan fingerprint density at radius 2 is 2.05 bits per heavy atom. The van der Waals surface area contributed by atoms with Crippen molar-refractivity contribution in [3.05, 3.63) is 47.8 Å². The first kappa shape index (κ1) is 14.6. The summed E-state index contributed by atoms with van der Waals surface area (Å²) in [6, 6.07) is 10.3. The summed E-state index contributed by atoms with van der Waals surface area (Å²) in [6.45, 7) is 3.06. The van der Waals surface area contributed by atoms with Crippen LogP contribution in [0.15, 0.2) is 36.5 Å². The molecule has 0 bridgehead atoms. The van der Waals surface area contributed by atoms with Gasteiger partial charge in [0.25, 0.3) is 0 Å². The van der Waals surface area contributed by atoms with Crippen LogP contribution in [0.3, 0.4) is 0 Å². The number of nitrogens with zero attached hydrogens (tertiary/aromatic N) is 2. The van der Waals surface area contributed by atoms with Crippen molar-refractivity contribution in [1.82, 2.24) is 9.78 Å². The van der Waals surface area contributed by atoms with E-state index in [0.29, 0.717) is 0 Å². The molecule has 0 saturated heterocycles. The summed E-state index contributed by atoms with van der Waals surface area (Å²) in [5, 5.41) is 4.38. The average Bonchev–Trinajstić information content (AvgIpc) is 2.88. The summed E-state index contributed by atoms with van der Waals surface area (Å²) in [5.41, 5.74) is 8.57. The van der Waals surface area contributed by atoms with Crippen molar-refractivity contribution in [1.29, 1.82) is 0 Å². The summed E-state index contributed by atoms with van der Waals surface area (Å²) in [4.78, 5) is 0. The Balaban J connectivity index is 2.04. The molecule has 1 aromatic carbocycles. The summed E-state index contributed by atoms with van der Waals surface area (Å²) >= 11 is 0. The molecule has 0 saturated carbocycles. The van der Waals surface area contributed by atoms with Gasteiger partial charge in [0, 0.05) is 12.6 Å². The lowest BCUT2D eigenvalue weighted by molar-refractivity contribution is 0.404. The zero-order valence-electron chi connectivity index (χ0n) is 12.2. The van der Waals surface area contributed by atoms with Gasteiger partial charge < -0.3 is 10.5 Å². The first-order valence-corrected chi connectivity index (χ1v) is 7.15. The summed E-state index contributed by atoms with van der Waals surface area (Å²) in [7, 11) is 1.69. The molecule has 0 aliphatic rings. The molecular formula is C16H23N3O. The molecule has 4 nitrogen and oxygen atoms in total. The van der Waals surface area contributed by atoms with E-state index in [0.717, 1.165) is 37.3 Å². The monoisotopic (exact) mass is 273 g/mol. The van der Waals surface area contributed by atoms with Crippen molar-refractivity contribution in [2.45, 2.75) is 38.8 Å². The van der Waals surface area contributed by atoms with Gasteiger partial charge in [0.2, 0.25) is 0 Å². The van der Waals surface area contributed by atoms with Gasteiger partial charge in [0.1, 0.15) is 0 Å². The fourth-order valence-corrected chi connectivity index (χ4v) is 2.38. The average molecular weight is 273 g/mol. The number of rotatable bonds is 7. The minimum Gasteiger partial charge on any atom is -0.493 e. The van der Waals surface area contributed by atoms with E-state index in [1.54, 1.807) is 13.3 Å². The minimum absolute atomic E-state index is 0.0471. The van der Waals surface area contributed by atoms with Crippen LogP contribution in [0.5, 0.6) is 5.75 Å². The smallest absolute Gasteiger partial charge is 0.159 e. The first-order valence-electron chi connectivity index (χ1n) is 7.15. The van der Waals surface area contributed by atoms with Gasteiger partial charge in [0.15, 0.2) is 5.75 Å². The molecule has 2 aromatic rings. The quantitative estimate of drug-likeness (QED) is 0.844. The molecule has 2 N–H and O–H groups in total. The highest BCUT2D eigenvalue weighted by atomic mass is 16.5. The van der Waals surface area contributed by atoms with Crippen LogP contribution >= 0.6 is 0 Å². The second kappa shape index (κ2) is 7.10. The molecule has 1 heterocycles. The molecule has 0 aliphatic carbocycles. The number of hydrogen-bond acceptors (Lipinski definition) is 3. The van der Waals surface area contributed by atoms with Gasteiger partial charge in [-0.2, -0.15) is 5.10 Å². The molecule has 1 aromatic heterocycles. The second-order valence-corrected chi connectivity index (χ2v) is 4.94. The van der Waals surface area contributed by atoms with Gasteiger partial charge in [-0.05, 0) is 24.8 Å². The molecule has 1 unspecified atom stereocenters. The Labute approximate surface area is 120 Å². The normalized spacial score (nSPS) is 12.3. The fraction of sp³-hybridized carbons (Fsp3) is 0.438. The highest BCUT2D eigenvalue weighted by molar-refractivity contribution is 5.26. The lowest BCUT2D eigenvalue weighted by Crippen LogP contribution is -2.13. The number of methoxy groups -OCH3 is 1. The third-order valence-electron chi connectivity index (χ3n) is 3.49. The maximum absolute atomic E-state index is 6.26. The van der Waals surface area contributed by atoms with Crippen molar-refractivity contribution in [3.63, 3.8) is 0 Å². The molecule has 0 radical (unpaired) electrons. The highest BCUT2D eigenvalue weighted by Gasteiger charge is 2.13. The highest BCUT2D eigenvalue weighted by Crippen LogP contribution is 2.23. The molecule has 0 fully saturated rings. The van der Waals surface area contributed by atoms with E-state index in [1.165, 1.54) is 5.56 Å². The van der Waals surface area contributed by atoms with E-state index in [2.05, 4.69) is 24.2 Å². The zero-order chi connectivity index (χ0) is 14.4. The number of hydrogen-bond donors (Lipinski definition) is 1.